The highest BCUT2D eigenvalue weighted by Crippen LogP contribution is 2.50. The minimum Gasteiger partial charge on any atom is -0.482 e. The first-order chi connectivity index (χ1) is 33.6. The van der Waals surface area contributed by atoms with Crippen LogP contribution in [0.25, 0.3) is 0 Å². The van der Waals surface area contributed by atoms with Crippen LogP contribution in [-0.4, -0.2) is 118 Å². The second-order valence-electron chi connectivity index (χ2n) is 19.3. The molecule has 10 atom stereocenters. The minimum atomic E-state index is -1.24. The number of unbranched alkanes of at least 4 members (excludes halogenated alkanes) is 4. The maximum atomic E-state index is 12.0. The molecule has 2 aromatic rings. The van der Waals surface area contributed by atoms with Crippen molar-refractivity contribution < 1.29 is 83.1 Å². The maximum absolute atomic E-state index is 12.0. The van der Waals surface area contributed by atoms with E-state index in [-0.39, 0.29) is 55.0 Å². The Kier molecular flexibility index (Phi) is 21.9. The van der Waals surface area contributed by atoms with E-state index in [1.165, 1.54) is 0 Å². The Balaban J connectivity index is 0.000000261. The lowest BCUT2D eigenvalue weighted by Gasteiger charge is -2.32. The van der Waals surface area contributed by atoms with E-state index in [1.807, 2.05) is 24.3 Å². The van der Waals surface area contributed by atoms with Gasteiger partial charge in [0, 0.05) is 0 Å². The summed E-state index contributed by atoms with van der Waals surface area (Å²) in [5.74, 6) is -1.91. The molecule has 6 rings (SSSR count). The molecule has 0 aromatic heterocycles. The van der Waals surface area contributed by atoms with E-state index in [4.69, 9.17) is 39.4 Å². The highest BCUT2D eigenvalue weighted by atomic mass is 16.7. The highest BCUT2D eigenvalue weighted by Gasteiger charge is 2.46. The molecule has 2 fully saturated rings. The Morgan fingerprint density at radius 3 is 1.47 bits per heavy atom. The van der Waals surface area contributed by atoms with Gasteiger partial charge in [-0.3, -0.25) is 4.79 Å². The molecule has 18 heteroatoms. The smallest absolute Gasteiger partial charge is 0.482 e. The summed E-state index contributed by atoms with van der Waals surface area (Å²) in [6.07, 6.45) is 11.0. The topological polar surface area (TPSA) is 282 Å². The van der Waals surface area contributed by atoms with Crippen LogP contribution in [0.4, 0.5) is 9.59 Å². The Morgan fingerprint density at radius 1 is 0.586 bits per heavy atom. The van der Waals surface area contributed by atoms with Crippen molar-refractivity contribution in [3.8, 4) is 11.5 Å². The molecule has 4 aliphatic rings. The van der Waals surface area contributed by atoms with Gasteiger partial charge >= 0.3 is 36.1 Å². The Morgan fingerprint density at radius 2 is 1.04 bits per heavy atom. The number of carbonyl (C=O) groups is 6. The number of aliphatic carboxylic acids is 4. The first-order valence-corrected chi connectivity index (χ1v) is 25.0. The zero-order valence-corrected chi connectivity index (χ0v) is 40.5. The molecule has 0 unspecified atom stereocenters. The van der Waals surface area contributed by atoms with Gasteiger partial charge in [-0.2, -0.15) is 0 Å². The van der Waals surface area contributed by atoms with Gasteiger partial charge in [-0.05, 0) is 160 Å². The summed E-state index contributed by atoms with van der Waals surface area (Å²) in [6, 6.07) is 11.4. The number of nitrogens with one attached hydrogen (secondary N) is 1. The molecule has 18 nitrogen and oxygen atoms in total. The summed E-state index contributed by atoms with van der Waals surface area (Å²) in [7, 11) is 0. The number of ether oxygens (including phenoxy) is 5. The van der Waals surface area contributed by atoms with Crippen LogP contribution in [-0.2, 0) is 59.1 Å². The number of alkyl carbamates (subject to hydrolysis) is 1. The van der Waals surface area contributed by atoms with Gasteiger partial charge in [0.1, 0.15) is 30.3 Å². The number of rotatable bonds is 26. The SMILES string of the molecule is CCCCC[C@@H](CC[C@@H]1[C@H]2Cc3cccc(OCC(=O)O)c3C[C@H]2C[C@H]1O)OC(=O)NCC(=O)O.CCCCC[C@@H](CC[C@@H]1[C@H]2Cc3cccc(OCC(=O)O)c3C[C@H]2C[C@H]1O)OC(=O)OCC(=O)O. The van der Waals surface area contributed by atoms with Crippen molar-refractivity contribution in [2.24, 2.45) is 35.5 Å². The second-order valence-corrected chi connectivity index (χ2v) is 19.3. The van der Waals surface area contributed by atoms with E-state index < -0.39 is 61.5 Å². The third kappa shape index (κ3) is 16.8. The number of carboxylic acid groups (broad SMARTS) is 4. The highest BCUT2D eigenvalue weighted by molar-refractivity contribution is 5.76. The Labute approximate surface area is 409 Å². The van der Waals surface area contributed by atoms with Crippen LogP contribution >= 0.6 is 0 Å². The van der Waals surface area contributed by atoms with Crippen LogP contribution in [0.1, 0.15) is 126 Å². The van der Waals surface area contributed by atoms with Gasteiger partial charge in [0.15, 0.2) is 19.8 Å². The first kappa shape index (κ1) is 55.3. The number of hydrogen-bond donors (Lipinski definition) is 7. The molecule has 1 amide bonds. The van der Waals surface area contributed by atoms with Gasteiger partial charge in [-0.15, -0.1) is 0 Å². The number of amides is 1. The number of benzene rings is 2. The summed E-state index contributed by atoms with van der Waals surface area (Å²) in [5.41, 5.74) is 4.33. The quantitative estimate of drug-likeness (QED) is 0.0361. The van der Waals surface area contributed by atoms with Crippen molar-refractivity contribution in [3.05, 3.63) is 58.7 Å². The molecular formula is C52H73NO17. The number of fused-ring (bicyclic) bond motifs is 4. The maximum Gasteiger partial charge on any atom is 0.509 e. The number of carboxylic acids is 4. The van der Waals surface area contributed by atoms with Crippen LogP contribution < -0.4 is 14.8 Å². The van der Waals surface area contributed by atoms with Crippen LogP contribution in [0, 0.1) is 35.5 Å². The molecule has 7 N–H and O–H groups in total. The summed E-state index contributed by atoms with van der Waals surface area (Å²) in [6.45, 7) is 2.21. The van der Waals surface area contributed by atoms with Crippen LogP contribution in [0.15, 0.2) is 36.4 Å². The van der Waals surface area contributed by atoms with Crippen molar-refractivity contribution >= 4 is 36.1 Å². The van der Waals surface area contributed by atoms with E-state index in [0.29, 0.717) is 62.4 Å². The van der Waals surface area contributed by atoms with Crippen LogP contribution in [0.2, 0.25) is 0 Å². The molecule has 2 saturated carbocycles. The number of carbonyl (C=O) groups excluding carboxylic acids is 2. The molecule has 0 bridgehead atoms. The average molecular weight is 984 g/mol. The molecule has 388 valence electrons. The molecule has 0 heterocycles. The van der Waals surface area contributed by atoms with Gasteiger partial charge in [0.2, 0.25) is 0 Å². The van der Waals surface area contributed by atoms with Crippen molar-refractivity contribution in [3.63, 3.8) is 0 Å². The lowest BCUT2D eigenvalue weighted by molar-refractivity contribution is -0.141. The molecule has 4 aliphatic carbocycles. The standard InChI is InChI=1S/C26H37NO8.C26H36O9/c1-2-3-4-7-18(35-26(33)27-14-24(29)30)9-10-19-20-11-16-6-5-8-23(34-15-25(31)32)21(16)12-17(20)13-22(19)28;1-2-3-4-7-18(35-26(32)34-15-25(30)31)9-10-19-20-11-16-6-5-8-23(33-14-24(28)29)21(16)12-17(20)13-22(19)27/h5-6,8,17-20,22,28H,2-4,7,9-15H2,1H3,(H,27,33)(H,29,30)(H,31,32);5-6,8,17-20,22,27H,2-4,7,9-15H2,1H3,(H,28,29)(H,30,31)/t2*17-,18-,19+,20-,22+/m00/s1. The van der Waals surface area contributed by atoms with E-state index >= 15 is 0 Å². The predicted octanol–water partition coefficient (Wildman–Crippen LogP) is 7.23. The van der Waals surface area contributed by atoms with Gasteiger partial charge in [0.05, 0.1) is 12.2 Å². The first-order valence-electron chi connectivity index (χ1n) is 25.0. The molecule has 0 spiro atoms. The van der Waals surface area contributed by atoms with E-state index in [1.54, 1.807) is 12.1 Å². The Bertz CT molecular complexity index is 1920. The molecular weight excluding hydrogens is 911 g/mol. The molecule has 0 radical (unpaired) electrons. The average Bonchev–Trinajstić information content (AvgIpc) is 3.80. The predicted molar refractivity (Wildman–Crippen MR) is 253 cm³/mol. The fraction of sp³-hybridized carbons (Fsp3) is 0.654. The molecule has 2 aromatic carbocycles. The van der Waals surface area contributed by atoms with Gasteiger partial charge in [0.25, 0.3) is 0 Å². The zero-order chi connectivity index (χ0) is 50.7. The lowest BCUT2D eigenvalue weighted by Crippen LogP contribution is -2.33. The van der Waals surface area contributed by atoms with Crippen LogP contribution in [0.3, 0.4) is 0 Å². The lowest BCUT2D eigenvalue weighted by atomic mass is 9.73. The van der Waals surface area contributed by atoms with Gasteiger partial charge in [-0.1, -0.05) is 63.8 Å². The normalized spacial score (nSPS) is 23.6. The van der Waals surface area contributed by atoms with E-state index in [0.717, 1.165) is 92.9 Å². The summed E-state index contributed by atoms with van der Waals surface area (Å²) in [5, 5.41) is 59.4. The fourth-order valence-corrected chi connectivity index (χ4v) is 11.3. The summed E-state index contributed by atoms with van der Waals surface area (Å²) >= 11 is 0. The Hall–Kier alpha value is -5.62. The number of aliphatic hydroxyl groups is 2. The van der Waals surface area contributed by atoms with E-state index in [9.17, 15) is 39.0 Å². The van der Waals surface area contributed by atoms with Crippen molar-refractivity contribution in [2.45, 2.75) is 154 Å². The molecule has 70 heavy (non-hydrogen) atoms. The summed E-state index contributed by atoms with van der Waals surface area (Å²) in [4.78, 5) is 67.2. The zero-order valence-electron chi connectivity index (χ0n) is 40.5. The van der Waals surface area contributed by atoms with Crippen molar-refractivity contribution in [2.75, 3.05) is 26.4 Å². The fourth-order valence-electron chi connectivity index (χ4n) is 11.3. The van der Waals surface area contributed by atoms with Gasteiger partial charge < -0.3 is 59.6 Å². The van der Waals surface area contributed by atoms with Gasteiger partial charge in [-0.25, -0.2) is 24.0 Å². The third-order valence-electron chi connectivity index (χ3n) is 14.5. The third-order valence-corrected chi connectivity index (χ3v) is 14.5. The number of hydrogen-bond acceptors (Lipinski definition) is 13. The van der Waals surface area contributed by atoms with Crippen molar-refractivity contribution in [1.82, 2.24) is 5.32 Å². The molecule has 0 aliphatic heterocycles. The summed E-state index contributed by atoms with van der Waals surface area (Å²) < 4.78 is 26.6. The van der Waals surface area contributed by atoms with E-state index in [2.05, 4.69) is 23.9 Å². The second kappa shape index (κ2) is 27.7. The van der Waals surface area contributed by atoms with Crippen LogP contribution in [0.5, 0.6) is 11.5 Å². The minimum absolute atomic E-state index is 0.0593. The van der Waals surface area contributed by atoms with Crippen molar-refractivity contribution in [1.29, 1.82) is 0 Å². The largest absolute Gasteiger partial charge is 0.509 e. The number of aliphatic hydroxyl groups excluding tert-OH is 2. The molecule has 0 saturated heterocycles. The monoisotopic (exact) mass is 983 g/mol.